The van der Waals surface area contributed by atoms with Gasteiger partial charge in [0.25, 0.3) is 0 Å². The highest BCUT2D eigenvalue weighted by Gasteiger charge is 2.31. The van der Waals surface area contributed by atoms with Gasteiger partial charge in [-0.05, 0) is 73.9 Å². The van der Waals surface area contributed by atoms with Crippen LogP contribution in [-0.4, -0.2) is 29.4 Å². The van der Waals surface area contributed by atoms with Crippen molar-refractivity contribution < 1.29 is 14.6 Å². The molecule has 3 aliphatic rings. The third-order valence-corrected chi connectivity index (χ3v) is 6.47. The van der Waals surface area contributed by atoms with E-state index in [1.165, 1.54) is 42.3 Å². The third-order valence-electron chi connectivity index (χ3n) is 6.47. The predicted molar refractivity (Wildman–Crippen MR) is 101 cm³/mol. The van der Waals surface area contributed by atoms with Gasteiger partial charge >= 0.3 is 0 Å². The molecule has 0 spiro atoms. The van der Waals surface area contributed by atoms with Gasteiger partial charge in [-0.15, -0.1) is 0 Å². The zero-order valence-corrected chi connectivity index (χ0v) is 15.2. The van der Waals surface area contributed by atoms with Crippen molar-refractivity contribution in [2.24, 2.45) is 0 Å². The van der Waals surface area contributed by atoms with Crippen molar-refractivity contribution in [2.75, 3.05) is 13.2 Å². The van der Waals surface area contributed by atoms with Gasteiger partial charge in [0.2, 0.25) is 5.88 Å². The first-order valence-electron chi connectivity index (χ1n) is 10.2. The summed E-state index contributed by atoms with van der Waals surface area (Å²) in [6.45, 7) is 1.64. The van der Waals surface area contributed by atoms with Crippen LogP contribution < -0.4 is 4.74 Å². The average molecular weight is 353 g/mol. The molecule has 4 heteroatoms. The Hall–Kier alpha value is -1.81. The summed E-state index contributed by atoms with van der Waals surface area (Å²) >= 11 is 0. The number of nitrogens with zero attached hydrogens (tertiary/aromatic N) is 1. The summed E-state index contributed by atoms with van der Waals surface area (Å²) in [5, 5.41) is 12.3. The minimum atomic E-state index is 0.283. The van der Waals surface area contributed by atoms with Crippen molar-refractivity contribution in [3.8, 4) is 11.6 Å². The van der Waals surface area contributed by atoms with E-state index in [2.05, 4.69) is 6.07 Å². The molecule has 3 fully saturated rings. The standard InChI is InChI=1S/C22H27NO3/c24-16-7-8-18-19(13-16)22(26-17-5-2-6-17)23-21(15-9-11-25-12-10-15)20(18)14-3-1-4-14/h7-8,13-15,17,24H,1-6,9-12H2. The Balaban J connectivity index is 1.67. The van der Waals surface area contributed by atoms with Gasteiger partial charge in [-0.25, -0.2) is 4.98 Å². The fourth-order valence-electron chi connectivity index (χ4n) is 4.46. The van der Waals surface area contributed by atoms with Crippen molar-refractivity contribution >= 4 is 10.8 Å². The normalized spacial score (nSPS) is 22.2. The molecule has 138 valence electrons. The summed E-state index contributed by atoms with van der Waals surface area (Å²) in [6, 6.07) is 5.73. The molecule has 0 bridgehead atoms. The van der Waals surface area contributed by atoms with Crippen LogP contribution in [0, 0.1) is 0 Å². The number of hydrogen-bond acceptors (Lipinski definition) is 4. The number of aromatic hydroxyl groups is 1. The molecule has 1 aromatic carbocycles. The van der Waals surface area contributed by atoms with Gasteiger partial charge in [0.1, 0.15) is 11.9 Å². The first-order valence-corrected chi connectivity index (χ1v) is 10.2. The van der Waals surface area contributed by atoms with Crippen molar-refractivity contribution in [1.29, 1.82) is 0 Å². The molecule has 1 aromatic heterocycles. The number of pyridine rings is 1. The lowest BCUT2D eigenvalue weighted by atomic mass is 9.75. The molecule has 0 amide bonds. The summed E-state index contributed by atoms with van der Waals surface area (Å²) in [5.74, 6) is 2.08. The molecule has 26 heavy (non-hydrogen) atoms. The summed E-state index contributed by atoms with van der Waals surface area (Å²) in [6.07, 6.45) is 9.62. The molecule has 2 aliphatic carbocycles. The van der Waals surface area contributed by atoms with Crippen LogP contribution in [0.5, 0.6) is 11.6 Å². The maximum Gasteiger partial charge on any atom is 0.222 e. The van der Waals surface area contributed by atoms with Crippen molar-refractivity contribution in [3.05, 3.63) is 29.5 Å². The Bertz CT molecular complexity index is 805. The molecule has 1 saturated heterocycles. The van der Waals surface area contributed by atoms with Gasteiger partial charge < -0.3 is 14.6 Å². The van der Waals surface area contributed by atoms with Crippen LogP contribution >= 0.6 is 0 Å². The zero-order valence-electron chi connectivity index (χ0n) is 15.2. The number of ether oxygens (including phenoxy) is 2. The maximum absolute atomic E-state index is 10.1. The van der Waals surface area contributed by atoms with Gasteiger partial charge in [0.05, 0.1) is 5.69 Å². The number of phenols is 1. The number of hydrogen-bond donors (Lipinski definition) is 1. The number of rotatable bonds is 4. The smallest absolute Gasteiger partial charge is 0.222 e. The molecular weight excluding hydrogens is 326 g/mol. The first-order chi connectivity index (χ1) is 12.8. The summed E-state index contributed by atoms with van der Waals surface area (Å²) in [4.78, 5) is 5.10. The fraction of sp³-hybridized carbons (Fsp3) is 0.591. The number of benzene rings is 1. The second-order valence-electron chi connectivity index (χ2n) is 8.13. The molecule has 0 unspecified atom stereocenters. The molecule has 1 N–H and O–H groups in total. The maximum atomic E-state index is 10.1. The van der Waals surface area contributed by atoms with Crippen LogP contribution in [0.1, 0.15) is 74.5 Å². The van der Waals surface area contributed by atoms with E-state index in [9.17, 15) is 5.11 Å². The Morgan fingerprint density at radius 1 is 0.923 bits per heavy atom. The predicted octanol–water partition coefficient (Wildman–Crippen LogP) is 5.03. The number of aromatic nitrogens is 1. The minimum Gasteiger partial charge on any atom is -0.508 e. The van der Waals surface area contributed by atoms with E-state index in [1.807, 2.05) is 12.1 Å². The van der Waals surface area contributed by atoms with Gasteiger partial charge in [-0.1, -0.05) is 12.5 Å². The topological polar surface area (TPSA) is 51.6 Å². The second kappa shape index (κ2) is 6.73. The first kappa shape index (κ1) is 16.4. The average Bonchev–Trinajstić information content (AvgIpc) is 2.58. The van der Waals surface area contributed by atoms with Crippen LogP contribution in [-0.2, 0) is 4.74 Å². The van der Waals surface area contributed by atoms with Crippen LogP contribution in [0.2, 0.25) is 0 Å². The van der Waals surface area contributed by atoms with Gasteiger partial charge in [-0.3, -0.25) is 0 Å². The molecule has 0 atom stereocenters. The van der Waals surface area contributed by atoms with E-state index < -0.39 is 0 Å². The lowest BCUT2D eigenvalue weighted by Crippen LogP contribution is -2.26. The van der Waals surface area contributed by atoms with Crippen LogP contribution in [0.25, 0.3) is 10.8 Å². The largest absolute Gasteiger partial charge is 0.508 e. The Kier molecular flexibility index (Phi) is 4.24. The third kappa shape index (κ3) is 2.84. The highest BCUT2D eigenvalue weighted by Crippen LogP contribution is 2.47. The highest BCUT2D eigenvalue weighted by molar-refractivity contribution is 5.92. The fourth-order valence-corrected chi connectivity index (χ4v) is 4.46. The van der Waals surface area contributed by atoms with Crippen molar-refractivity contribution in [2.45, 2.75) is 69.3 Å². The van der Waals surface area contributed by atoms with E-state index in [-0.39, 0.29) is 11.9 Å². The Morgan fingerprint density at radius 3 is 2.35 bits per heavy atom. The molecule has 0 radical (unpaired) electrons. The summed E-state index contributed by atoms with van der Waals surface area (Å²) < 4.78 is 11.9. The molecule has 5 rings (SSSR count). The van der Waals surface area contributed by atoms with E-state index in [0.717, 1.165) is 50.2 Å². The number of fused-ring (bicyclic) bond motifs is 1. The van der Waals surface area contributed by atoms with Crippen LogP contribution in [0.15, 0.2) is 18.2 Å². The second-order valence-corrected chi connectivity index (χ2v) is 8.13. The van der Waals surface area contributed by atoms with E-state index in [1.54, 1.807) is 0 Å². The molecule has 2 aromatic rings. The molecular formula is C22H27NO3. The SMILES string of the molecule is Oc1ccc2c(C3CCC3)c(C3CCOCC3)nc(OC3CCC3)c2c1. The van der Waals surface area contributed by atoms with E-state index in [4.69, 9.17) is 14.5 Å². The van der Waals surface area contributed by atoms with Crippen molar-refractivity contribution in [3.63, 3.8) is 0 Å². The van der Waals surface area contributed by atoms with Gasteiger partial charge in [-0.2, -0.15) is 0 Å². The highest BCUT2D eigenvalue weighted by atomic mass is 16.5. The van der Waals surface area contributed by atoms with Crippen LogP contribution in [0.4, 0.5) is 0 Å². The Labute approximate surface area is 154 Å². The molecule has 2 heterocycles. The Morgan fingerprint density at radius 2 is 1.69 bits per heavy atom. The lowest BCUT2D eigenvalue weighted by Gasteiger charge is -2.34. The quantitative estimate of drug-likeness (QED) is 0.837. The lowest BCUT2D eigenvalue weighted by molar-refractivity contribution is 0.0832. The van der Waals surface area contributed by atoms with Gasteiger partial charge in [0, 0.05) is 24.5 Å². The van der Waals surface area contributed by atoms with E-state index in [0.29, 0.717) is 11.8 Å². The molecule has 2 saturated carbocycles. The summed E-state index contributed by atoms with van der Waals surface area (Å²) in [5.41, 5.74) is 2.66. The summed E-state index contributed by atoms with van der Waals surface area (Å²) in [7, 11) is 0. The zero-order chi connectivity index (χ0) is 17.5. The van der Waals surface area contributed by atoms with Crippen LogP contribution in [0.3, 0.4) is 0 Å². The molecule has 1 aliphatic heterocycles. The van der Waals surface area contributed by atoms with Crippen molar-refractivity contribution in [1.82, 2.24) is 4.98 Å². The number of phenolic OH excluding ortho intramolecular Hbond substituents is 1. The minimum absolute atomic E-state index is 0.283. The monoisotopic (exact) mass is 353 g/mol. The van der Waals surface area contributed by atoms with E-state index >= 15 is 0 Å². The molecule has 4 nitrogen and oxygen atoms in total. The van der Waals surface area contributed by atoms with Gasteiger partial charge in [0.15, 0.2) is 0 Å².